The van der Waals surface area contributed by atoms with Crippen LogP contribution in [-0.2, 0) is 21.4 Å². The Labute approximate surface area is 204 Å². The molecule has 0 bridgehead atoms. The van der Waals surface area contributed by atoms with Crippen LogP contribution < -0.4 is 10.2 Å². The number of nitrogens with zero attached hydrogens (tertiary/aromatic N) is 2. The van der Waals surface area contributed by atoms with E-state index in [2.05, 4.69) is 5.32 Å². The quantitative estimate of drug-likeness (QED) is 0.519. The number of hydrogen-bond acceptors (Lipinski definition) is 4. The molecule has 1 heterocycles. The fraction of sp³-hybridized carbons (Fsp3) is 0.200. The summed E-state index contributed by atoms with van der Waals surface area (Å²) >= 11 is 6.25. The maximum atomic E-state index is 13.1. The highest BCUT2D eigenvalue weighted by atomic mass is 35.5. The summed E-state index contributed by atoms with van der Waals surface area (Å²) in [6, 6.07) is 20.3. The second kappa shape index (κ2) is 9.97. The van der Waals surface area contributed by atoms with Gasteiger partial charge in [-0.2, -0.15) is 4.31 Å². The molecule has 0 aliphatic carbocycles. The lowest BCUT2D eigenvalue weighted by Gasteiger charge is -2.18. The van der Waals surface area contributed by atoms with Crippen LogP contribution in [0.5, 0.6) is 0 Å². The Bertz CT molecular complexity index is 1330. The SMILES string of the molecule is CN(Cc1ccccc1)S(=O)(=O)c1ccc(Cl)c(C(=O)Nc2cccc(N3CCCC3=O)c2)c1. The average Bonchev–Trinajstić information content (AvgIpc) is 3.26. The molecule has 1 N–H and O–H groups in total. The largest absolute Gasteiger partial charge is 0.322 e. The maximum absolute atomic E-state index is 13.1. The Kier molecular flexibility index (Phi) is 7.02. The van der Waals surface area contributed by atoms with Crippen LogP contribution in [0.3, 0.4) is 0 Å². The molecule has 0 aromatic heterocycles. The molecule has 0 atom stereocenters. The third-order valence-electron chi connectivity index (χ3n) is 5.63. The number of hydrogen-bond donors (Lipinski definition) is 1. The Morgan fingerprint density at radius 2 is 1.82 bits per heavy atom. The van der Waals surface area contributed by atoms with Crippen LogP contribution in [-0.4, -0.2) is 38.1 Å². The Morgan fingerprint density at radius 3 is 2.53 bits per heavy atom. The van der Waals surface area contributed by atoms with E-state index in [-0.39, 0.29) is 27.9 Å². The zero-order valence-corrected chi connectivity index (χ0v) is 20.1. The van der Waals surface area contributed by atoms with E-state index < -0.39 is 15.9 Å². The first-order chi connectivity index (χ1) is 16.3. The van der Waals surface area contributed by atoms with E-state index in [0.29, 0.717) is 24.3 Å². The second-order valence-electron chi connectivity index (χ2n) is 8.04. The Hall–Kier alpha value is -3.20. The molecule has 0 spiro atoms. The van der Waals surface area contributed by atoms with Gasteiger partial charge in [-0.1, -0.05) is 48.0 Å². The zero-order valence-electron chi connectivity index (χ0n) is 18.6. The molecule has 2 amide bonds. The molecular formula is C25H24ClN3O4S. The van der Waals surface area contributed by atoms with Crippen LogP contribution in [0.1, 0.15) is 28.8 Å². The molecule has 34 heavy (non-hydrogen) atoms. The summed E-state index contributed by atoms with van der Waals surface area (Å²) in [5.74, 6) is -0.498. The average molecular weight is 498 g/mol. The van der Waals surface area contributed by atoms with Crippen LogP contribution >= 0.6 is 11.6 Å². The van der Waals surface area contributed by atoms with Gasteiger partial charge in [0.1, 0.15) is 0 Å². The van der Waals surface area contributed by atoms with Gasteiger partial charge in [0.15, 0.2) is 0 Å². The van der Waals surface area contributed by atoms with Crippen molar-refractivity contribution >= 4 is 44.8 Å². The lowest BCUT2D eigenvalue weighted by atomic mass is 10.2. The second-order valence-corrected chi connectivity index (χ2v) is 10.5. The molecule has 7 nitrogen and oxygen atoms in total. The summed E-state index contributed by atoms with van der Waals surface area (Å²) in [6.07, 6.45) is 1.30. The van der Waals surface area contributed by atoms with Crippen molar-refractivity contribution in [3.63, 3.8) is 0 Å². The summed E-state index contributed by atoms with van der Waals surface area (Å²) in [5.41, 5.74) is 2.06. The molecule has 0 saturated carbocycles. The van der Waals surface area contributed by atoms with E-state index in [0.717, 1.165) is 12.0 Å². The van der Waals surface area contributed by atoms with E-state index in [1.807, 2.05) is 36.4 Å². The first-order valence-corrected chi connectivity index (χ1v) is 12.6. The van der Waals surface area contributed by atoms with Crippen LogP contribution in [0.25, 0.3) is 0 Å². The molecule has 1 aliphatic rings. The topological polar surface area (TPSA) is 86.8 Å². The van der Waals surface area contributed by atoms with Crippen molar-refractivity contribution in [1.29, 1.82) is 0 Å². The monoisotopic (exact) mass is 497 g/mol. The molecule has 1 aliphatic heterocycles. The van der Waals surface area contributed by atoms with Crippen LogP contribution in [0.2, 0.25) is 5.02 Å². The number of carbonyl (C=O) groups is 2. The van der Waals surface area contributed by atoms with Gasteiger partial charge in [-0.3, -0.25) is 9.59 Å². The molecule has 176 valence electrons. The van der Waals surface area contributed by atoms with E-state index in [1.165, 1.54) is 29.6 Å². The lowest BCUT2D eigenvalue weighted by Crippen LogP contribution is -2.27. The third-order valence-corrected chi connectivity index (χ3v) is 7.76. The fourth-order valence-corrected chi connectivity index (χ4v) is 5.20. The number of anilines is 2. The summed E-state index contributed by atoms with van der Waals surface area (Å²) in [5, 5.41) is 2.89. The summed E-state index contributed by atoms with van der Waals surface area (Å²) in [7, 11) is -2.37. The number of halogens is 1. The molecule has 3 aromatic rings. The van der Waals surface area contributed by atoms with Gasteiger partial charge in [-0.15, -0.1) is 0 Å². The van der Waals surface area contributed by atoms with Gasteiger partial charge in [0.05, 0.1) is 15.5 Å². The van der Waals surface area contributed by atoms with Gasteiger partial charge >= 0.3 is 0 Å². The highest BCUT2D eigenvalue weighted by molar-refractivity contribution is 7.89. The summed E-state index contributed by atoms with van der Waals surface area (Å²) in [6.45, 7) is 0.827. The molecular weight excluding hydrogens is 474 g/mol. The third kappa shape index (κ3) is 5.14. The Morgan fingerprint density at radius 1 is 1.06 bits per heavy atom. The summed E-state index contributed by atoms with van der Waals surface area (Å²) < 4.78 is 27.5. The molecule has 9 heteroatoms. The van der Waals surface area contributed by atoms with Crippen molar-refractivity contribution in [2.75, 3.05) is 23.8 Å². The zero-order chi connectivity index (χ0) is 24.3. The Balaban J connectivity index is 1.55. The predicted octanol–water partition coefficient (Wildman–Crippen LogP) is 4.54. The minimum atomic E-state index is -3.86. The first kappa shape index (κ1) is 23.9. The van der Waals surface area contributed by atoms with Crippen molar-refractivity contribution < 1.29 is 18.0 Å². The van der Waals surface area contributed by atoms with Crippen molar-refractivity contribution in [2.45, 2.75) is 24.3 Å². The van der Waals surface area contributed by atoms with Gasteiger partial charge in [-0.05, 0) is 48.4 Å². The molecule has 1 fully saturated rings. The molecule has 0 unspecified atom stereocenters. The van der Waals surface area contributed by atoms with E-state index in [9.17, 15) is 18.0 Å². The van der Waals surface area contributed by atoms with E-state index in [1.54, 1.807) is 23.1 Å². The normalized spacial score (nSPS) is 14.0. The van der Waals surface area contributed by atoms with Gasteiger partial charge in [0, 0.05) is 37.9 Å². The van der Waals surface area contributed by atoms with Crippen LogP contribution in [0.4, 0.5) is 11.4 Å². The van der Waals surface area contributed by atoms with Gasteiger partial charge < -0.3 is 10.2 Å². The minimum absolute atomic E-state index is 0.0307. The molecule has 4 rings (SSSR count). The highest BCUT2D eigenvalue weighted by Crippen LogP contribution is 2.27. The fourth-order valence-electron chi connectivity index (χ4n) is 3.82. The molecule has 3 aromatic carbocycles. The number of benzene rings is 3. The van der Waals surface area contributed by atoms with Crippen molar-refractivity contribution in [3.8, 4) is 0 Å². The number of nitrogens with one attached hydrogen (secondary N) is 1. The standard InChI is InChI=1S/C25H24ClN3O4S/c1-28(17-18-7-3-2-4-8-18)34(32,33)21-12-13-23(26)22(16-21)25(31)27-19-9-5-10-20(15-19)29-14-6-11-24(29)30/h2-5,7-10,12-13,15-16H,6,11,14,17H2,1H3,(H,27,31). The predicted molar refractivity (Wildman–Crippen MR) is 133 cm³/mol. The molecule has 1 saturated heterocycles. The number of rotatable bonds is 7. The van der Waals surface area contributed by atoms with Crippen molar-refractivity contribution in [1.82, 2.24) is 4.31 Å². The number of carbonyl (C=O) groups excluding carboxylic acids is 2. The number of sulfonamides is 1. The maximum Gasteiger partial charge on any atom is 0.257 e. The number of amides is 2. The molecule has 0 radical (unpaired) electrons. The van der Waals surface area contributed by atoms with Crippen molar-refractivity contribution in [3.05, 3.63) is 88.9 Å². The van der Waals surface area contributed by atoms with Gasteiger partial charge in [0.2, 0.25) is 15.9 Å². The van der Waals surface area contributed by atoms with E-state index in [4.69, 9.17) is 11.6 Å². The van der Waals surface area contributed by atoms with Crippen LogP contribution in [0.15, 0.2) is 77.7 Å². The lowest BCUT2D eigenvalue weighted by molar-refractivity contribution is -0.117. The van der Waals surface area contributed by atoms with E-state index >= 15 is 0 Å². The van der Waals surface area contributed by atoms with Gasteiger partial charge in [0.25, 0.3) is 5.91 Å². The summed E-state index contributed by atoms with van der Waals surface area (Å²) in [4.78, 5) is 26.7. The van der Waals surface area contributed by atoms with Crippen molar-refractivity contribution in [2.24, 2.45) is 0 Å². The first-order valence-electron chi connectivity index (χ1n) is 10.8. The highest BCUT2D eigenvalue weighted by Gasteiger charge is 2.24. The van der Waals surface area contributed by atoms with Crippen LogP contribution in [0, 0.1) is 0 Å². The smallest absolute Gasteiger partial charge is 0.257 e. The minimum Gasteiger partial charge on any atom is -0.322 e. The van der Waals surface area contributed by atoms with Gasteiger partial charge in [-0.25, -0.2) is 8.42 Å².